The van der Waals surface area contributed by atoms with Crippen molar-refractivity contribution < 1.29 is 13.9 Å². The van der Waals surface area contributed by atoms with E-state index in [2.05, 4.69) is 9.84 Å². The van der Waals surface area contributed by atoms with E-state index in [0.29, 0.717) is 11.3 Å². The van der Waals surface area contributed by atoms with E-state index in [9.17, 15) is 9.18 Å². The molecule has 0 aliphatic heterocycles. The highest BCUT2D eigenvalue weighted by Gasteiger charge is 2.17. The van der Waals surface area contributed by atoms with Gasteiger partial charge in [-0.2, -0.15) is 5.10 Å². The summed E-state index contributed by atoms with van der Waals surface area (Å²) >= 11 is 0. The molecule has 0 amide bonds. The number of hydrogen-bond acceptors (Lipinski definition) is 4. The van der Waals surface area contributed by atoms with Crippen molar-refractivity contribution in [3.05, 3.63) is 41.3 Å². The van der Waals surface area contributed by atoms with Crippen LogP contribution in [-0.4, -0.2) is 22.9 Å². The van der Waals surface area contributed by atoms with E-state index in [1.54, 1.807) is 13.0 Å². The standard InChI is InChI=1S/C12H12FN3O2/c1-7-5-8(13)3-4-10(7)16-11(14)9(6-15-16)12(17)18-2/h3-6H,14H2,1-2H3. The fourth-order valence-corrected chi connectivity index (χ4v) is 1.67. The fourth-order valence-electron chi connectivity index (χ4n) is 1.67. The Hall–Kier alpha value is -2.37. The number of nitrogen functional groups attached to an aromatic ring is 1. The summed E-state index contributed by atoms with van der Waals surface area (Å²) in [6, 6.07) is 4.23. The minimum Gasteiger partial charge on any atom is -0.465 e. The van der Waals surface area contributed by atoms with Crippen LogP contribution in [0.15, 0.2) is 24.4 Å². The zero-order valence-electron chi connectivity index (χ0n) is 9.98. The topological polar surface area (TPSA) is 70.1 Å². The number of anilines is 1. The number of halogens is 1. The lowest BCUT2D eigenvalue weighted by Crippen LogP contribution is -2.08. The fraction of sp³-hybridized carbons (Fsp3) is 0.167. The van der Waals surface area contributed by atoms with Crippen LogP contribution in [0.5, 0.6) is 0 Å². The van der Waals surface area contributed by atoms with E-state index in [-0.39, 0.29) is 17.2 Å². The molecule has 0 fully saturated rings. The van der Waals surface area contributed by atoms with Crippen molar-refractivity contribution in [3.8, 4) is 5.69 Å². The van der Waals surface area contributed by atoms with Gasteiger partial charge in [-0.3, -0.25) is 0 Å². The summed E-state index contributed by atoms with van der Waals surface area (Å²) in [5.41, 5.74) is 7.29. The number of methoxy groups -OCH3 is 1. The summed E-state index contributed by atoms with van der Waals surface area (Å²) in [6.07, 6.45) is 1.32. The summed E-state index contributed by atoms with van der Waals surface area (Å²) in [4.78, 5) is 11.4. The van der Waals surface area contributed by atoms with Crippen molar-refractivity contribution in [2.75, 3.05) is 12.8 Å². The molecule has 1 heterocycles. The molecule has 0 unspecified atom stereocenters. The van der Waals surface area contributed by atoms with Crippen LogP contribution >= 0.6 is 0 Å². The molecule has 94 valence electrons. The Morgan fingerprint density at radius 1 is 1.50 bits per heavy atom. The average Bonchev–Trinajstić information content (AvgIpc) is 2.70. The molecule has 1 aromatic carbocycles. The Balaban J connectivity index is 2.52. The predicted molar refractivity (Wildman–Crippen MR) is 64.0 cm³/mol. The zero-order chi connectivity index (χ0) is 13.3. The Labute approximate surface area is 103 Å². The van der Waals surface area contributed by atoms with Crippen LogP contribution in [0.1, 0.15) is 15.9 Å². The molecule has 18 heavy (non-hydrogen) atoms. The quantitative estimate of drug-likeness (QED) is 0.822. The van der Waals surface area contributed by atoms with Gasteiger partial charge in [0.15, 0.2) is 0 Å². The summed E-state index contributed by atoms with van der Waals surface area (Å²) in [7, 11) is 1.27. The van der Waals surface area contributed by atoms with Crippen molar-refractivity contribution in [1.82, 2.24) is 9.78 Å². The first kappa shape index (κ1) is 12.1. The van der Waals surface area contributed by atoms with E-state index in [1.807, 2.05) is 0 Å². The Bertz CT molecular complexity index is 607. The number of carbonyl (C=O) groups excluding carboxylic acids is 1. The lowest BCUT2D eigenvalue weighted by molar-refractivity contribution is 0.0602. The number of esters is 1. The van der Waals surface area contributed by atoms with E-state index in [1.165, 1.54) is 30.1 Å². The molecule has 0 aliphatic carbocycles. The molecule has 0 radical (unpaired) electrons. The normalized spacial score (nSPS) is 10.4. The second kappa shape index (κ2) is 4.48. The smallest absolute Gasteiger partial charge is 0.343 e. The maximum absolute atomic E-state index is 13.0. The van der Waals surface area contributed by atoms with Crippen molar-refractivity contribution in [3.63, 3.8) is 0 Å². The molecular formula is C12H12FN3O2. The average molecular weight is 249 g/mol. The van der Waals surface area contributed by atoms with Crippen LogP contribution in [0.3, 0.4) is 0 Å². The summed E-state index contributed by atoms with van der Waals surface area (Å²) in [5.74, 6) is -0.731. The van der Waals surface area contributed by atoms with Gasteiger partial charge in [0.25, 0.3) is 0 Å². The summed E-state index contributed by atoms with van der Waals surface area (Å²) < 4.78 is 19.0. The van der Waals surface area contributed by atoms with E-state index >= 15 is 0 Å². The van der Waals surface area contributed by atoms with Gasteiger partial charge in [-0.1, -0.05) is 0 Å². The Morgan fingerprint density at radius 2 is 2.22 bits per heavy atom. The molecule has 5 nitrogen and oxygen atoms in total. The van der Waals surface area contributed by atoms with Crippen molar-refractivity contribution in [2.45, 2.75) is 6.92 Å². The van der Waals surface area contributed by atoms with Crippen LogP contribution in [0.25, 0.3) is 5.69 Å². The van der Waals surface area contributed by atoms with Gasteiger partial charge in [-0.15, -0.1) is 0 Å². The maximum Gasteiger partial charge on any atom is 0.343 e. The largest absolute Gasteiger partial charge is 0.465 e. The first-order valence-electron chi connectivity index (χ1n) is 5.23. The van der Waals surface area contributed by atoms with Crippen molar-refractivity contribution in [1.29, 1.82) is 0 Å². The highest BCUT2D eigenvalue weighted by atomic mass is 19.1. The zero-order valence-corrected chi connectivity index (χ0v) is 9.98. The third kappa shape index (κ3) is 1.92. The van der Waals surface area contributed by atoms with Crippen LogP contribution in [0.4, 0.5) is 10.2 Å². The molecule has 0 saturated heterocycles. The first-order chi connectivity index (χ1) is 8.54. The number of rotatable bonds is 2. The molecule has 6 heteroatoms. The number of nitrogens with two attached hydrogens (primary N) is 1. The van der Waals surface area contributed by atoms with Gasteiger partial charge in [0, 0.05) is 0 Å². The number of carbonyl (C=O) groups is 1. The number of aromatic nitrogens is 2. The second-order valence-electron chi connectivity index (χ2n) is 3.78. The Morgan fingerprint density at radius 3 is 2.83 bits per heavy atom. The molecule has 0 saturated carbocycles. The van der Waals surface area contributed by atoms with Crippen LogP contribution < -0.4 is 5.73 Å². The SMILES string of the molecule is COC(=O)c1cnn(-c2ccc(F)cc2C)c1N. The minimum atomic E-state index is -0.557. The third-order valence-electron chi connectivity index (χ3n) is 2.60. The van der Waals surface area contributed by atoms with E-state index in [0.717, 1.165) is 0 Å². The molecule has 2 N–H and O–H groups in total. The van der Waals surface area contributed by atoms with Crippen LogP contribution in [-0.2, 0) is 4.74 Å². The monoisotopic (exact) mass is 249 g/mol. The number of nitrogens with zero attached hydrogens (tertiary/aromatic N) is 2. The van der Waals surface area contributed by atoms with Gasteiger partial charge >= 0.3 is 5.97 Å². The summed E-state index contributed by atoms with van der Waals surface area (Å²) in [5, 5.41) is 4.01. The van der Waals surface area contributed by atoms with Gasteiger partial charge in [-0.25, -0.2) is 13.9 Å². The van der Waals surface area contributed by atoms with E-state index < -0.39 is 5.97 Å². The van der Waals surface area contributed by atoms with Gasteiger partial charge in [0.05, 0.1) is 19.0 Å². The summed E-state index contributed by atoms with van der Waals surface area (Å²) in [6.45, 7) is 1.73. The molecule has 2 aromatic rings. The van der Waals surface area contributed by atoms with Crippen LogP contribution in [0.2, 0.25) is 0 Å². The maximum atomic E-state index is 13.0. The van der Waals surface area contributed by atoms with E-state index in [4.69, 9.17) is 5.73 Å². The minimum absolute atomic E-state index is 0.163. The number of aryl methyl sites for hydroxylation is 1. The number of benzene rings is 1. The van der Waals surface area contributed by atoms with Gasteiger partial charge in [0.2, 0.25) is 0 Å². The molecule has 0 atom stereocenters. The molecule has 1 aromatic heterocycles. The number of hydrogen-bond donors (Lipinski definition) is 1. The molecule has 2 rings (SSSR count). The number of ether oxygens (including phenoxy) is 1. The second-order valence-corrected chi connectivity index (χ2v) is 3.78. The molecule has 0 aliphatic rings. The van der Waals surface area contributed by atoms with Gasteiger partial charge in [0.1, 0.15) is 17.2 Å². The van der Waals surface area contributed by atoms with Crippen LogP contribution in [0, 0.1) is 12.7 Å². The molecular weight excluding hydrogens is 237 g/mol. The predicted octanol–water partition coefficient (Wildman–Crippen LogP) is 1.69. The molecule has 0 bridgehead atoms. The Kier molecular flexibility index (Phi) is 3.01. The molecule has 0 spiro atoms. The lowest BCUT2D eigenvalue weighted by Gasteiger charge is -2.08. The highest BCUT2D eigenvalue weighted by molar-refractivity contribution is 5.94. The highest BCUT2D eigenvalue weighted by Crippen LogP contribution is 2.21. The first-order valence-corrected chi connectivity index (χ1v) is 5.23. The van der Waals surface area contributed by atoms with Gasteiger partial charge < -0.3 is 10.5 Å². The third-order valence-corrected chi connectivity index (χ3v) is 2.60. The van der Waals surface area contributed by atoms with Gasteiger partial charge in [-0.05, 0) is 30.7 Å². The van der Waals surface area contributed by atoms with Crippen molar-refractivity contribution >= 4 is 11.8 Å². The lowest BCUT2D eigenvalue weighted by atomic mass is 10.2. The van der Waals surface area contributed by atoms with Crippen molar-refractivity contribution in [2.24, 2.45) is 0 Å².